The molecule has 0 aliphatic rings. The molecule has 0 aliphatic heterocycles. The summed E-state index contributed by atoms with van der Waals surface area (Å²) in [5, 5.41) is 6.74. The number of ether oxygens (including phenoxy) is 2. The number of rotatable bonds is 8. The van der Waals surface area contributed by atoms with Crippen LogP contribution in [0.15, 0.2) is 54.6 Å². The van der Waals surface area contributed by atoms with E-state index >= 15 is 0 Å². The molecule has 5 nitrogen and oxygen atoms in total. The molecule has 0 saturated heterocycles. The van der Waals surface area contributed by atoms with Gasteiger partial charge in [-0.2, -0.15) is 0 Å². The van der Waals surface area contributed by atoms with Crippen LogP contribution < -0.4 is 20.1 Å². The van der Waals surface area contributed by atoms with Crippen LogP contribution in [0.5, 0.6) is 11.5 Å². The van der Waals surface area contributed by atoms with E-state index in [1.807, 2.05) is 12.1 Å². The Bertz CT molecular complexity index is 1050. The van der Waals surface area contributed by atoms with Crippen molar-refractivity contribution in [1.82, 2.24) is 0 Å². The summed E-state index contributed by atoms with van der Waals surface area (Å²) in [4.78, 5) is 11.1. The molecule has 0 spiro atoms. The maximum absolute atomic E-state index is 14.0. The number of methoxy groups -OCH3 is 1. The summed E-state index contributed by atoms with van der Waals surface area (Å²) in [6, 6.07) is 15.2. The van der Waals surface area contributed by atoms with E-state index in [2.05, 4.69) is 10.6 Å². The first kappa shape index (κ1) is 22.7. The molecule has 0 radical (unpaired) electrons. The Balaban J connectivity index is 1.69. The Kier molecular flexibility index (Phi) is 7.60. The van der Waals surface area contributed by atoms with Crippen molar-refractivity contribution in [3.05, 3.63) is 81.6 Å². The molecule has 162 valence electrons. The van der Waals surface area contributed by atoms with Gasteiger partial charge in [-0.15, -0.1) is 0 Å². The zero-order valence-electron chi connectivity index (χ0n) is 17.0. The highest BCUT2D eigenvalue weighted by atomic mass is 35.5. The van der Waals surface area contributed by atoms with E-state index in [0.717, 1.165) is 11.3 Å². The Morgan fingerprint density at radius 2 is 1.71 bits per heavy atom. The van der Waals surface area contributed by atoms with Gasteiger partial charge in [0, 0.05) is 41.5 Å². The number of carbonyl (C=O) groups excluding carboxylic acids is 1. The minimum atomic E-state index is -0.442. The summed E-state index contributed by atoms with van der Waals surface area (Å²) in [6.45, 7) is 1.84. The van der Waals surface area contributed by atoms with E-state index in [1.54, 1.807) is 30.3 Å². The number of hydrogen-bond acceptors (Lipinski definition) is 4. The highest BCUT2D eigenvalue weighted by Gasteiger charge is 2.13. The normalized spacial score (nSPS) is 10.5. The fourth-order valence-electron chi connectivity index (χ4n) is 2.88. The molecule has 31 heavy (non-hydrogen) atoms. The van der Waals surface area contributed by atoms with Gasteiger partial charge in [-0.25, -0.2) is 4.39 Å². The molecule has 0 bridgehead atoms. The summed E-state index contributed by atoms with van der Waals surface area (Å²) < 4.78 is 25.1. The Hall–Kier alpha value is -2.96. The van der Waals surface area contributed by atoms with Gasteiger partial charge in [-0.3, -0.25) is 4.79 Å². The number of carbonyl (C=O) groups is 1. The van der Waals surface area contributed by atoms with E-state index in [9.17, 15) is 9.18 Å². The lowest BCUT2D eigenvalue weighted by Gasteiger charge is -2.15. The number of anilines is 2. The van der Waals surface area contributed by atoms with Gasteiger partial charge in [0.15, 0.2) is 11.5 Å². The van der Waals surface area contributed by atoms with Crippen LogP contribution in [0.25, 0.3) is 0 Å². The summed E-state index contributed by atoms with van der Waals surface area (Å²) in [5.74, 6) is 0.284. The molecule has 2 N–H and O–H groups in total. The predicted molar refractivity (Wildman–Crippen MR) is 122 cm³/mol. The highest BCUT2D eigenvalue weighted by molar-refractivity contribution is 6.31. The molecule has 0 unspecified atom stereocenters. The lowest BCUT2D eigenvalue weighted by Crippen LogP contribution is -2.06. The van der Waals surface area contributed by atoms with Crippen LogP contribution in [0.4, 0.5) is 15.8 Å². The Labute approximate surface area is 190 Å². The van der Waals surface area contributed by atoms with Crippen LogP contribution in [0.3, 0.4) is 0 Å². The van der Waals surface area contributed by atoms with Crippen molar-refractivity contribution in [1.29, 1.82) is 0 Å². The van der Waals surface area contributed by atoms with Crippen molar-refractivity contribution in [2.24, 2.45) is 0 Å². The molecule has 0 saturated carbocycles. The molecule has 0 atom stereocenters. The van der Waals surface area contributed by atoms with Gasteiger partial charge in [-0.05, 0) is 48.0 Å². The average molecular weight is 463 g/mol. The van der Waals surface area contributed by atoms with E-state index in [0.29, 0.717) is 28.8 Å². The summed E-state index contributed by atoms with van der Waals surface area (Å²) in [7, 11) is 1.52. The molecule has 0 heterocycles. The van der Waals surface area contributed by atoms with Gasteiger partial charge in [0.2, 0.25) is 5.91 Å². The summed E-state index contributed by atoms with van der Waals surface area (Å²) >= 11 is 12.5. The first-order valence-electron chi connectivity index (χ1n) is 9.41. The van der Waals surface area contributed by atoms with E-state index in [-0.39, 0.29) is 23.1 Å². The van der Waals surface area contributed by atoms with E-state index < -0.39 is 5.82 Å². The average Bonchev–Trinajstić information content (AvgIpc) is 2.73. The molecule has 3 aromatic carbocycles. The summed E-state index contributed by atoms with van der Waals surface area (Å²) in [6.07, 6.45) is 0. The minimum Gasteiger partial charge on any atom is -0.493 e. The molecular formula is C23H21Cl2FN2O3. The Morgan fingerprint density at radius 3 is 2.35 bits per heavy atom. The molecule has 8 heteroatoms. The van der Waals surface area contributed by atoms with Crippen molar-refractivity contribution < 1.29 is 18.7 Å². The van der Waals surface area contributed by atoms with Crippen molar-refractivity contribution >= 4 is 40.5 Å². The quantitative estimate of drug-likeness (QED) is 0.412. The second-order valence-corrected chi connectivity index (χ2v) is 7.51. The maximum Gasteiger partial charge on any atom is 0.221 e. The van der Waals surface area contributed by atoms with Gasteiger partial charge in [-0.1, -0.05) is 29.3 Å². The molecule has 1 amide bonds. The van der Waals surface area contributed by atoms with Crippen molar-refractivity contribution in [3.63, 3.8) is 0 Å². The standard InChI is InChI=1S/C23H21Cl2FN2O3/c1-14(29)28-17-8-6-16(7-9-17)27-12-15-10-22(30-2)23(11-20(15)25)31-13-18-19(24)4-3-5-21(18)26/h3-11,27H,12-13H2,1-2H3,(H,28,29). The SMILES string of the molecule is COc1cc(CNc2ccc(NC(C)=O)cc2)c(Cl)cc1OCc1c(F)cccc1Cl. The molecule has 3 rings (SSSR count). The maximum atomic E-state index is 14.0. The van der Waals surface area contributed by atoms with Crippen LogP contribution in [0, 0.1) is 5.82 Å². The molecule has 0 aromatic heterocycles. The zero-order valence-corrected chi connectivity index (χ0v) is 18.5. The number of amides is 1. The van der Waals surface area contributed by atoms with Crippen molar-refractivity contribution in [2.75, 3.05) is 17.7 Å². The minimum absolute atomic E-state index is 0.0591. The van der Waals surface area contributed by atoms with Crippen molar-refractivity contribution in [2.45, 2.75) is 20.1 Å². The fraction of sp³-hybridized carbons (Fsp3) is 0.174. The van der Waals surface area contributed by atoms with Crippen LogP contribution in [-0.4, -0.2) is 13.0 Å². The smallest absolute Gasteiger partial charge is 0.221 e. The predicted octanol–water partition coefficient (Wildman–Crippen LogP) is 6.29. The third-order valence-electron chi connectivity index (χ3n) is 4.45. The van der Waals surface area contributed by atoms with Crippen molar-refractivity contribution in [3.8, 4) is 11.5 Å². The number of benzene rings is 3. The van der Waals surface area contributed by atoms with E-state index in [1.165, 1.54) is 26.2 Å². The first-order chi connectivity index (χ1) is 14.9. The zero-order chi connectivity index (χ0) is 22.4. The van der Waals surface area contributed by atoms with Gasteiger partial charge in [0.05, 0.1) is 12.1 Å². The van der Waals surface area contributed by atoms with Gasteiger partial charge < -0.3 is 20.1 Å². The summed E-state index contributed by atoms with van der Waals surface area (Å²) in [5.41, 5.74) is 2.63. The van der Waals surface area contributed by atoms with Crippen LogP contribution in [-0.2, 0) is 17.9 Å². The molecule has 3 aromatic rings. The third-order valence-corrected chi connectivity index (χ3v) is 5.16. The monoisotopic (exact) mass is 462 g/mol. The fourth-order valence-corrected chi connectivity index (χ4v) is 3.32. The second kappa shape index (κ2) is 10.4. The molecule has 0 aliphatic carbocycles. The van der Waals surface area contributed by atoms with Crippen LogP contribution >= 0.6 is 23.2 Å². The first-order valence-corrected chi connectivity index (χ1v) is 10.2. The van der Waals surface area contributed by atoms with Crippen LogP contribution in [0.2, 0.25) is 10.0 Å². The van der Waals surface area contributed by atoms with Gasteiger partial charge in [0.1, 0.15) is 12.4 Å². The lowest BCUT2D eigenvalue weighted by molar-refractivity contribution is -0.114. The number of hydrogen-bond donors (Lipinski definition) is 2. The number of halogens is 3. The largest absolute Gasteiger partial charge is 0.493 e. The highest BCUT2D eigenvalue weighted by Crippen LogP contribution is 2.35. The number of nitrogens with one attached hydrogen (secondary N) is 2. The van der Waals surface area contributed by atoms with Crippen LogP contribution in [0.1, 0.15) is 18.1 Å². The van der Waals surface area contributed by atoms with Gasteiger partial charge >= 0.3 is 0 Å². The van der Waals surface area contributed by atoms with Gasteiger partial charge in [0.25, 0.3) is 0 Å². The molecule has 0 fully saturated rings. The topological polar surface area (TPSA) is 59.6 Å². The third kappa shape index (κ3) is 6.03. The van der Waals surface area contributed by atoms with E-state index in [4.69, 9.17) is 32.7 Å². The second-order valence-electron chi connectivity index (χ2n) is 6.70. The molecular weight excluding hydrogens is 442 g/mol. The lowest BCUT2D eigenvalue weighted by atomic mass is 10.1. The Morgan fingerprint density at radius 1 is 1.00 bits per heavy atom.